The van der Waals surface area contributed by atoms with E-state index >= 15 is 0 Å². The molecule has 0 bridgehead atoms. The lowest BCUT2D eigenvalue weighted by molar-refractivity contribution is -0.122. The van der Waals surface area contributed by atoms with Crippen molar-refractivity contribution in [2.75, 3.05) is 20.6 Å². The lowest BCUT2D eigenvalue weighted by Gasteiger charge is -2.25. The van der Waals surface area contributed by atoms with E-state index in [4.69, 9.17) is 0 Å². The van der Waals surface area contributed by atoms with E-state index in [1.807, 2.05) is 56.6 Å². The Kier molecular flexibility index (Phi) is 8.18. The highest BCUT2D eigenvalue weighted by atomic mass is 16.2. The molecule has 0 saturated carbocycles. The quantitative estimate of drug-likeness (QED) is 0.703. The molecule has 2 atom stereocenters. The van der Waals surface area contributed by atoms with Crippen LogP contribution >= 0.6 is 0 Å². The molecule has 5 heteroatoms. The van der Waals surface area contributed by atoms with Gasteiger partial charge in [-0.2, -0.15) is 0 Å². The van der Waals surface area contributed by atoms with Gasteiger partial charge >= 0.3 is 0 Å². The molecule has 0 aliphatic rings. The second-order valence-corrected chi connectivity index (χ2v) is 9.07. The standard InChI is InChI=1S/C25H35N3O2/c1-18(27-24(30)20-12-14-21(15-13-20)25(2,3)4)23(29)26-17-22(28(5)6)16-19-10-8-7-9-11-19/h7-15,18,22H,16-17H2,1-6H3,(H,26,29)(H,27,30). The van der Waals surface area contributed by atoms with Crippen LogP contribution in [-0.2, 0) is 16.6 Å². The maximum Gasteiger partial charge on any atom is 0.251 e. The van der Waals surface area contributed by atoms with Gasteiger partial charge in [-0.15, -0.1) is 0 Å². The van der Waals surface area contributed by atoms with Gasteiger partial charge in [0.2, 0.25) is 5.91 Å². The van der Waals surface area contributed by atoms with E-state index in [1.54, 1.807) is 6.92 Å². The van der Waals surface area contributed by atoms with Gasteiger partial charge in [-0.25, -0.2) is 0 Å². The van der Waals surface area contributed by atoms with E-state index in [0.717, 1.165) is 12.0 Å². The van der Waals surface area contributed by atoms with Gasteiger partial charge < -0.3 is 15.5 Å². The summed E-state index contributed by atoms with van der Waals surface area (Å²) in [4.78, 5) is 27.1. The normalized spacial score (nSPS) is 13.6. The van der Waals surface area contributed by atoms with Crippen molar-refractivity contribution >= 4 is 11.8 Å². The summed E-state index contributed by atoms with van der Waals surface area (Å²) in [5, 5.41) is 5.77. The fourth-order valence-corrected chi connectivity index (χ4v) is 3.16. The molecule has 2 aromatic rings. The summed E-state index contributed by atoms with van der Waals surface area (Å²) >= 11 is 0. The Balaban J connectivity index is 1.89. The van der Waals surface area contributed by atoms with Crippen LogP contribution in [0.15, 0.2) is 54.6 Å². The van der Waals surface area contributed by atoms with Gasteiger partial charge in [-0.1, -0.05) is 63.2 Å². The average molecular weight is 410 g/mol. The maximum absolute atomic E-state index is 12.5. The van der Waals surface area contributed by atoms with Crippen molar-refractivity contribution < 1.29 is 9.59 Å². The lowest BCUT2D eigenvalue weighted by atomic mass is 9.86. The molecule has 5 nitrogen and oxygen atoms in total. The summed E-state index contributed by atoms with van der Waals surface area (Å²) in [7, 11) is 4.01. The first kappa shape index (κ1) is 23.6. The summed E-state index contributed by atoms with van der Waals surface area (Å²) in [6, 6.07) is 17.3. The van der Waals surface area contributed by atoms with Gasteiger partial charge in [0.1, 0.15) is 6.04 Å². The first-order valence-corrected chi connectivity index (χ1v) is 10.5. The molecule has 2 rings (SSSR count). The molecular weight excluding hydrogens is 374 g/mol. The Morgan fingerprint density at radius 2 is 1.57 bits per heavy atom. The van der Waals surface area contributed by atoms with E-state index < -0.39 is 6.04 Å². The fourth-order valence-electron chi connectivity index (χ4n) is 3.16. The molecule has 2 aromatic carbocycles. The average Bonchev–Trinajstić information content (AvgIpc) is 2.70. The minimum Gasteiger partial charge on any atom is -0.353 e. The highest BCUT2D eigenvalue weighted by molar-refractivity contribution is 5.97. The number of nitrogens with one attached hydrogen (secondary N) is 2. The van der Waals surface area contributed by atoms with Gasteiger partial charge in [-0.3, -0.25) is 9.59 Å². The maximum atomic E-state index is 12.5. The number of amides is 2. The van der Waals surface area contributed by atoms with Crippen molar-refractivity contribution in [3.05, 3.63) is 71.3 Å². The molecule has 0 aliphatic carbocycles. The third-order valence-electron chi connectivity index (χ3n) is 5.31. The van der Waals surface area contributed by atoms with Crippen LogP contribution in [0.3, 0.4) is 0 Å². The van der Waals surface area contributed by atoms with Crippen LogP contribution in [0.4, 0.5) is 0 Å². The topological polar surface area (TPSA) is 61.4 Å². The Bertz CT molecular complexity index is 824. The Labute approximate surface area is 180 Å². The molecule has 30 heavy (non-hydrogen) atoms. The van der Waals surface area contributed by atoms with Crippen molar-refractivity contribution in [1.82, 2.24) is 15.5 Å². The predicted octanol–water partition coefficient (Wildman–Crippen LogP) is 3.39. The zero-order chi connectivity index (χ0) is 22.3. The minimum absolute atomic E-state index is 0.0327. The van der Waals surface area contributed by atoms with Gasteiger partial charge in [0.25, 0.3) is 5.91 Å². The first-order chi connectivity index (χ1) is 14.1. The Hall–Kier alpha value is -2.66. The van der Waals surface area contributed by atoms with Crippen LogP contribution in [0.2, 0.25) is 0 Å². The number of rotatable bonds is 8. The van der Waals surface area contributed by atoms with Crippen molar-refractivity contribution in [1.29, 1.82) is 0 Å². The molecule has 0 aliphatic heterocycles. The molecule has 0 saturated heterocycles. The molecule has 2 N–H and O–H groups in total. The summed E-state index contributed by atoms with van der Waals surface area (Å²) in [6.45, 7) is 8.62. The number of benzene rings is 2. The van der Waals surface area contributed by atoms with E-state index in [-0.39, 0.29) is 23.3 Å². The summed E-state index contributed by atoms with van der Waals surface area (Å²) < 4.78 is 0. The molecule has 0 heterocycles. The predicted molar refractivity (Wildman–Crippen MR) is 123 cm³/mol. The molecule has 162 valence electrons. The van der Waals surface area contributed by atoms with E-state index in [9.17, 15) is 9.59 Å². The molecule has 0 radical (unpaired) electrons. The van der Waals surface area contributed by atoms with Crippen LogP contribution in [-0.4, -0.2) is 49.4 Å². The lowest BCUT2D eigenvalue weighted by Crippen LogP contribution is -2.49. The number of likely N-dealkylation sites (N-methyl/N-ethyl adjacent to an activating group) is 1. The first-order valence-electron chi connectivity index (χ1n) is 10.5. The van der Waals surface area contributed by atoms with Crippen LogP contribution in [0.5, 0.6) is 0 Å². The Morgan fingerprint density at radius 1 is 0.967 bits per heavy atom. The highest BCUT2D eigenvalue weighted by Gasteiger charge is 2.20. The zero-order valence-corrected chi connectivity index (χ0v) is 19.0. The number of hydrogen-bond acceptors (Lipinski definition) is 3. The molecule has 0 spiro atoms. The van der Waals surface area contributed by atoms with Crippen molar-refractivity contribution in [3.8, 4) is 0 Å². The van der Waals surface area contributed by atoms with Crippen LogP contribution in [0, 0.1) is 0 Å². The van der Waals surface area contributed by atoms with Crippen molar-refractivity contribution in [2.24, 2.45) is 0 Å². The number of hydrogen-bond donors (Lipinski definition) is 2. The van der Waals surface area contributed by atoms with Crippen LogP contribution in [0.1, 0.15) is 49.2 Å². The summed E-state index contributed by atoms with van der Waals surface area (Å²) in [6.07, 6.45) is 0.842. The fraction of sp³-hybridized carbons (Fsp3) is 0.440. The third kappa shape index (κ3) is 6.99. The van der Waals surface area contributed by atoms with Gasteiger partial charge in [0, 0.05) is 18.2 Å². The molecule has 0 aromatic heterocycles. The highest BCUT2D eigenvalue weighted by Crippen LogP contribution is 2.22. The monoisotopic (exact) mass is 409 g/mol. The van der Waals surface area contributed by atoms with Crippen LogP contribution < -0.4 is 10.6 Å². The largest absolute Gasteiger partial charge is 0.353 e. The van der Waals surface area contributed by atoms with Gasteiger partial charge in [0.05, 0.1) is 0 Å². The minimum atomic E-state index is -0.612. The molecule has 0 fully saturated rings. The smallest absolute Gasteiger partial charge is 0.251 e. The van der Waals surface area contributed by atoms with Crippen molar-refractivity contribution in [3.63, 3.8) is 0 Å². The van der Waals surface area contributed by atoms with E-state index in [2.05, 4.69) is 48.4 Å². The van der Waals surface area contributed by atoms with Gasteiger partial charge in [-0.05, 0) is 56.1 Å². The van der Waals surface area contributed by atoms with Crippen LogP contribution in [0.25, 0.3) is 0 Å². The summed E-state index contributed by atoms with van der Waals surface area (Å²) in [5.41, 5.74) is 2.98. The molecular formula is C25H35N3O2. The second kappa shape index (κ2) is 10.4. The van der Waals surface area contributed by atoms with Crippen molar-refractivity contribution in [2.45, 2.75) is 51.6 Å². The SMILES string of the molecule is CC(NC(=O)c1ccc(C(C)(C)C)cc1)C(=O)NCC(Cc1ccccc1)N(C)C. The number of carbonyl (C=O) groups is 2. The van der Waals surface area contributed by atoms with E-state index in [0.29, 0.717) is 12.1 Å². The third-order valence-corrected chi connectivity index (χ3v) is 5.31. The van der Waals surface area contributed by atoms with E-state index in [1.165, 1.54) is 5.56 Å². The molecule has 2 amide bonds. The summed E-state index contributed by atoms with van der Waals surface area (Å²) in [5.74, 6) is -0.430. The molecule has 2 unspecified atom stereocenters. The number of carbonyl (C=O) groups excluding carboxylic acids is 2. The second-order valence-electron chi connectivity index (χ2n) is 9.07. The zero-order valence-electron chi connectivity index (χ0n) is 19.0. The van der Waals surface area contributed by atoms with Gasteiger partial charge in [0.15, 0.2) is 0 Å². The number of nitrogens with zero attached hydrogens (tertiary/aromatic N) is 1. The Morgan fingerprint density at radius 3 is 2.10 bits per heavy atom.